The number of benzene rings is 2. The number of hydrazine groups is 1. The molecule has 1 atom stereocenters. The first-order valence-corrected chi connectivity index (χ1v) is 10.2. The fraction of sp³-hybridized carbons (Fsp3) is 0.250. The number of anilines is 1. The quantitative estimate of drug-likeness (QED) is 0.321. The second kappa shape index (κ2) is 8.05. The molecule has 0 aliphatic carbocycles. The van der Waals surface area contributed by atoms with Crippen LogP contribution in [0.25, 0.3) is 16.6 Å². The predicted octanol–water partition coefficient (Wildman–Crippen LogP) is 5.24. The van der Waals surface area contributed by atoms with E-state index in [4.69, 9.17) is 4.98 Å². The monoisotopic (exact) mass is 386 g/mol. The maximum absolute atomic E-state index is 13.4. The maximum Gasteiger partial charge on any atom is 0.184 e. The minimum Gasteiger partial charge on any atom is -0.312 e. The van der Waals surface area contributed by atoms with Crippen LogP contribution in [0.3, 0.4) is 0 Å². The second-order valence-corrected chi connectivity index (χ2v) is 7.34. The molecule has 2 aromatic heterocycles. The first kappa shape index (κ1) is 19.2. The Hall–Kier alpha value is -3.18. The molecule has 0 aliphatic heterocycles. The number of fused-ring (bicyclic) bond motifs is 3. The van der Waals surface area contributed by atoms with E-state index in [9.17, 15) is 4.79 Å². The van der Waals surface area contributed by atoms with Crippen LogP contribution < -0.4 is 10.9 Å². The molecular formula is C24H26N4O. The van der Waals surface area contributed by atoms with Gasteiger partial charge in [-0.2, -0.15) is 0 Å². The summed E-state index contributed by atoms with van der Waals surface area (Å²) >= 11 is 0. The molecule has 0 saturated heterocycles. The van der Waals surface area contributed by atoms with Gasteiger partial charge in [-0.25, -0.2) is 10.4 Å². The summed E-state index contributed by atoms with van der Waals surface area (Å²) in [5.41, 5.74) is 9.59. The fourth-order valence-corrected chi connectivity index (χ4v) is 3.95. The molecule has 29 heavy (non-hydrogen) atoms. The molecule has 2 N–H and O–H groups in total. The second-order valence-electron chi connectivity index (χ2n) is 7.34. The van der Waals surface area contributed by atoms with Gasteiger partial charge in [-0.15, -0.1) is 0 Å². The molecule has 148 valence electrons. The number of nitrogens with zero attached hydrogens (tertiary/aromatic N) is 2. The average Bonchev–Trinajstić information content (AvgIpc) is 3.27. The van der Waals surface area contributed by atoms with Crippen LogP contribution in [0.5, 0.6) is 0 Å². The first-order valence-electron chi connectivity index (χ1n) is 10.2. The Morgan fingerprint density at radius 3 is 2.45 bits per heavy atom. The molecule has 5 heteroatoms. The molecule has 0 fully saturated rings. The Labute approximate surface area is 170 Å². The zero-order valence-electron chi connectivity index (χ0n) is 16.9. The van der Waals surface area contributed by atoms with Gasteiger partial charge in [0.25, 0.3) is 0 Å². The molecular weight excluding hydrogens is 360 g/mol. The summed E-state index contributed by atoms with van der Waals surface area (Å²) in [6.07, 6.45) is 4.33. The number of aromatic nitrogens is 2. The number of carbonyl (C=O) groups excluding carboxylic acids is 1. The van der Waals surface area contributed by atoms with E-state index in [-0.39, 0.29) is 5.78 Å². The van der Waals surface area contributed by atoms with Crippen molar-refractivity contribution in [1.82, 2.24) is 14.8 Å². The van der Waals surface area contributed by atoms with Crippen molar-refractivity contribution in [1.29, 1.82) is 0 Å². The van der Waals surface area contributed by atoms with Crippen molar-refractivity contribution in [2.75, 3.05) is 5.43 Å². The van der Waals surface area contributed by atoms with Crippen LogP contribution in [0.2, 0.25) is 0 Å². The van der Waals surface area contributed by atoms with E-state index in [1.54, 1.807) is 0 Å². The van der Waals surface area contributed by atoms with E-state index < -0.39 is 5.54 Å². The van der Waals surface area contributed by atoms with Crippen molar-refractivity contribution in [3.05, 3.63) is 78.5 Å². The van der Waals surface area contributed by atoms with E-state index in [1.165, 1.54) is 0 Å². The van der Waals surface area contributed by atoms with Crippen LogP contribution in [0.1, 0.15) is 43.5 Å². The van der Waals surface area contributed by atoms with Crippen molar-refractivity contribution >= 4 is 28.2 Å². The third kappa shape index (κ3) is 3.49. The van der Waals surface area contributed by atoms with Crippen molar-refractivity contribution < 1.29 is 4.79 Å². The van der Waals surface area contributed by atoms with Gasteiger partial charge in [-0.05, 0) is 37.1 Å². The van der Waals surface area contributed by atoms with Crippen molar-refractivity contribution in [2.45, 2.75) is 38.6 Å². The number of rotatable bonds is 8. The maximum atomic E-state index is 13.4. The van der Waals surface area contributed by atoms with Gasteiger partial charge in [-0.3, -0.25) is 4.79 Å². The number of hydrogen-bond acceptors (Lipinski definition) is 4. The Bertz CT molecular complexity index is 1140. The summed E-state index contributed by atoms with van der Waals surface area (Å²) in [7, 11) is 0. The molecule has 5 nitrogen and oxygen atoms in total. The van der Waals surface area contributed by atoms with Gasteiger partial charge < -0.3 is 9.83 Å². The lowest BCUT2D eigenvalue weighted by Gasteiger charge is -2.33. The van der Waals surface area contributed by atoms with Crippen LogP contribution in [0.15, 0.2) is 72.9 Å². The highest BCUT2D eigenvalue weighted by atomic mass is 16.1. The molecule has 0 aliphatic rings. The Kier molecular flexibility index (Phi) is 5.32. The largest absolute Gasteiger partial charge is 0.312 e. The molecule has 4 rings (SSSR count). The van der Waals surface area contributed by atoms with Crippen LogP contribution in [-0.4, -0.2) is 20.7 Å². The number of carbonyl (C=O) groups is 1. The molecule has 0 saturated carbocycles. The van der Waals surface area contributed by atoms with E-state index in [1.807, 2.05) is 73.8 Å². The Morgan fingerprint density at radius 1 is 0.966 bits per heavy atom. The zero-order valence-corrected chi connectivity index (χ0v) is 16.9. The van der Waals surface area contributed by atoms with Crippen molar-refractivity contribution in [3.63, 3.8) is 0 Å². The Morgan fingerprint density at radius 2 is 1.69 bits per heavy atom. The van der Waals surface area contributed by atoms with Gasteiger partial charge >= 0.3 is 0 Å². The van der Waals surface area contributed by atoms with E-state index in [2.05, 4.69) is 28.2 Å². The summed E-state index contributed by atoms with van der Waals surface area (Å²) < 4.78 is 2.11. The lowest BCUT2D eigenvalue weighted by atomic mass is 9.83. The molecule has 2 heterocycles. The highest BCUT2D eigenvalue weighted by Gasteiger charge is 2.36. The van der Waals surface area contributed by atoms with E-state index in [0.717, 1.165) is 35.0 Å². The molecule has 2 aromatic carbocycles. The highest BCUT2D eigenvalue weighted by Crippen LogP contribution is 2.26. The third-order valence-corrected chi connectivity index (χ3v) is 5.54. The topological polar surface area (TPSA) is 58.4 Å². The van der Waals surface area contributed by atoms with E-state index in [0.29, 0.717) is 12.2 Å². The molecule has 0 amide bonds. The van der Waals surface area contributed by atoms with Crippen LogP contribution in [0, 0.1) is 0 Å². The average molecular weight is 386 g/mol. The van der Waals surface area contributed by atoms with E-state index >= 15 is 0 Å². The van der Waals surface area contributed by atoms with Gasteiger partial charge in [0.2, 0.25) is 0 Å². The summed E-state index contributed by atoms with van der Waals surface area (Å²) in [4.78, 5) is 18.2. The van der Waals surface area contributed by atoms with Crippen LogP contribution in [0.4, 0.5) is 5.82 Å². The molecule has 0 spiro atoms. The standard InChI is InChI=1S/C24H26N4O/c1-3-16-24(4-2,22(29)18-11-6-5-7-12-18)27-26-23-21-15-10-17-28(21)20-14-9-8-13-19(20)25-23/h5-15,17,27H,3-4,16H2,1-2H3,(H,25,26). The van der Waals surface area contributed by atoms with Gasteiger partial charge in [0.05, 0.1) is 22.1 Å². The first-order chi connectivity index (χ1) is 14.2. The lowest BCUT2D eigenvalue weighted by molar-refractivity contribution is 0.0839. The molecule has 0 radical (unpaired) electrons. The summed E-state index contributed by atoms with van der Waals surface area (Å²) in [5.74, 6) is 0.811. The van der Waals surface area contributed by atoms with Crippen LogP contribution in [-0.2, 0) is 0 Å². The normalized spacial score (nSPS) is 13.4. The minimum absolute atomic E-state index is 0.0992. The highest BCUT2D eigenvalue weighted by molar-refractivity contribution is 6.03. The van der Waals surface area contributed by atoms with Gasteiger partial charge in [0.15, 0.2) is 11.6 Å². The summed E-state index contributed by atoms with van der Waals surface area (Å²) in [5, 5.41) is 0. The number of para-hydroxylation sites is 2. The fourth-order valence-electron chi connectivity index (χ4n) is 3.95. The predicted molar refractivity (Wildman–Crippen MR) is 118 cm³/mol. The lowest BCUT2D eigenvalue weighted by Crippen LogP contribution is -2.54. The minimum atomic E-state index is -0.701. The van der Waals surface area contributed by atoms with Crippen molar-refractivity contribution in [2.24, 2.45) is 0 Å². The number of ketones is 1. The number of hydrogen-bond donors (Lipinski definition) is 2. The number of Topliss-reactive ketones (excluding diaryl/α,β-unsaturated/α-hetero) is 1. The zero-order chi connectivity index (χ0) is 20.3. The SMILES string of the molecule is CCCC(CC)(NNc1nc2ccccc2n2cccc12)C(=O)c1ccccc1. The third-order valence-electron chi connectivity index (χ3n) is 5.54. The molecule has 0 bridgehead atoms. The summed E-state index contributed by atoms with van der Waals surface area (Å²) in [6.45, 7) is 4.15. The molecule has 4 aromatic rings. The number of nitrogens with one attached hydrogen (secondary N) is 2. The van der Waals surface area contributed by atoms with Gasteiger partial charge in [0.1, 0.15) is 0 Å². The van der Waals surface area contributed by atoms with Crippen LogP contribution >= 0.6 is 0 Å². The molecule has 1 unspecified atom stereocenters. The summed E-state index contributed by atoms with van der Waals surface area (Å²) in [6, 6.07) is 21.6. The van der Waals surface area contributed by atoms with Gasteiger partial charge in [-0.1, -0.05) is 62.7 Å². The Balaban J connectivity index is 1.70. The smallest absolute Gasteiger partial charge is 0.184 e. The van der Waals surface area contributed by atoms with Gasteiger partial charge in [0, 0.05) is 11.8 Å². The van der Waals surface area contributed by atoms with Crippen molar-refractivity contribution in [3.8, 4) is 0 Å².